The van der Waals surface area contributed by atoms with Gasteiger partial charge in [0.15, 0.2) is 0 Å². The van der Waals surface area contributed by atoms with Gasteiger partial charge in [0.25, 0.3) is 5.91 Å². The summed E-state index contributed by atoms with van der Waals surface area (Å²) < 4.78 is 5.12. The fraction of sp³-hybridized carbons (Fsp3) is 0.350. The average molecular weight is 376 g/mol. The molecule has 3 rings (SSSR count). The Hall–Kier alpha value is -2.08. The first-order valence-corrected chi connectivity index (χ1v) is 8.64. The summed E-state index contributed by atoms with van der Waals surface area (Å²) in [5.41, 5.74) is 2.64. The van der Waals surface area contributed by atoms with Gasteiger partial charge in [-0.15, -0.1) is 12.4 Å². The fourth-order valence-electron chi connectivity index (χ4n) is 3.11. The molecule has 0 aliphatic carbocycles. The molecule has 26 heavy (non-hydrogen) atoms. The van der Waals surface area contributed by atoms with Crippen molar-refractivity contribution in [2.24, 2.45) is 0 Å². The smallest absolute Gasteiger partial charge is 0.255 e. The molecule has 1 saturated heterocycles. The van der Waals surface area contributed by atoms with Crippen molar-refractivity contribution in [3.05, 3.63) is 59.7 Å². The van der Waals surface area contributed by atoms with Crippen LogP contribution in [0.5, 0.6) is 5.75 Å². The molecule has 1 atom stereocenters. The van der Waals surface area contributed by atoms with Crippen LogP contribution in [0.25, 0.3) is 0 Å². The predicted molar refractivity (Wildman–Crippen MR) is 107 cm³/mol. The summed E-state index contributed by atoms with van der Waals surface area (Å²) >= 11 is 0. The van der Waals surface area contributed by atoms with Crippen LogP contribution >= 0.6 is 12.4 Å². The van der Waals surface area contributed by atoms with Gasteiger partial charge in [-0.3, -0.25) is 9.69 Å². The van der Waals surface area contributed by atoms with Crippen LogP contribution in [0.4, 0.5) is 5.69 Å². The summed E-state index contributed by atoms with van der Waals surface area (Å²) in [6.45, 7) is 6.22. The van der Waals surface area contributed by atoms with Crippen LogP contribution in [0.2, 0.25) is 0 Å². The molecule has 1 aliphatic rings. The molecule has 2 aromatic rings. The summed E-state index contributed by atoms with van der Waals surface area (Å²) in [6.07, 6.45) is 0. The number of hydrogen-bond acceptors (Lipinski definition) is 4. The number of ether oxygens (including phenoxy) is 1. The molecule has 5 nitrogen and oxygen atoms in total. The Morgan fingerprint density at radius 1 is 1.27 bits per heavy atom. The topological polar surface area (TPSA) is 53.6 Å². The van der Waals surface area contributed by atoms with Crippen LogP contribution < -0.4 is 15.4 Å². The van der Waals surface area contributed by atoms with Crippen molar-refractivity contribution in [2.75, 3.05) is 32.1 Å². The highest BCUT2D eigenvalue weighted by molar-refractivity contribution is 6.04. The van der Waals surface area contributed by atoms with Crippen LogP contribution in [0.3, 0.4) is 0 Å². The molecule has 0 aromatic heterocycles. The zero-order valence-electron chi connectivity index (χ0n) is 15.2. The van der Waals surface area contributed by atoms with Crippen LogP contribution in [0, 0.1) is 0 Å². The first-order valence-electron chi connectivity index (χ1n) is 8.64. The van der Waals surface area contributed by atoms with Crippen molar-refractivity contribution >= 4 is 24.0 Å². The summed E-state index contributed by atoms with van der Waals surface area (Å²) in [4.78, 5) is 14.8. The quantitative estimate of drug-likeness (QED) is 0.842. The minimum atomic E-state index is -0.115. The largest absolute Gasteiger partial charge is 0.497 e. The van der Waals surface area contributed by atoms with Crippen LogP contribution in [0.15, 0.2) is 48.5 Å². The third kappa shape index (κ3) is 5.46. The Bertz CT molecular complexity index is 721. The van der Waals surface area contributed by atoms with Gasteiger partial charge < -0.3 is 15.4 Å². The normalized spacial score (nSPS) is 17.2. The molecule has 1 heterocycles. The minimum Gasteiger partial charge on any atom is -0.497 e. The number of anilines is 1. The predicted octanol–water partition coefficient (Wildman–Crippen LogP) is 3.16. The van der Waals surface area contributed by atoms with E-state index >= 15 is 0 Å². The number of nitrogens with one attached hydrogen (secondary N) is 2. The van der Waals surface area contributed by atoms with E-state index < -0.39 is 0 Å². The molecule has 0 bridgehead atoms. The van der Waals surface area contributed by atoms with Gasteiger partial charge in [0, 0.05) is 43.5 Å². The minimum absolute atomic E-state index is 0. The second kappa shape index (κ2) is 9.57. The molecule has 1 aliphatic heterocycles. The summed E-state index contributed by atoms with van der Waals surface area (Å²) in [5, 5.41) is 6.43. The molecule has 2 N–H and O–H groups in total. The average Bonchev–Trinajstić information content (AvgIpc) is 2.62. The van der Waals surface area contributed by atoms with E-state index in [4.69, 9.17) is 4.74 Å². The molecule has 0 spiro atoms. The number of rotatable bonds is 5. The lowest BCUT2D eigenvalue weighted by Crippen LogP contribution is -2.48. The van der Waals surface area contributed by atoms with Gasteiger partial charge in [0.05, 0.1) is 7.11 Å². The van der Waals surface area contributed by atoms with Gasteiger partial charge >= 0.3 is 0 Å². The number of methoxy groups -OCH3 is 1. The van der Waals surface area contributed by atoms with E-state index in [0.717, 1.165) is 37.6 Å². The van der Waals surface area contributed by atoms with Crippen molar-refractivity contribution < 1.29 is 9.53 Å². The van der Waals surface area contributed by atoms with E-state index in [-0.39, 0.29) is 18.3 Å². The molecule has 2 aromatic carbocycles. The van der Waals surface area contributed by atoms with E-state index in [1.807, 2.05) is 18.2 Å². The number of piperazine rings is 1. The van der Waals surface area contributed by atoms with Gasteiger partial charge in [-0.2, -0.15) is 0 Å². The number of amides is 1. The number of hydrogen-bond donors (Lipinski definition) is 2. The maximum Gasteiger partial charge on any atom is 0.255 e. The van der Waals surface area contributed by atoms with E-state index in [0.29, 0.717) is 11.6 Å². The van der Waals surface area contributed by atoms with Gasteiger partial charge in [-0.05, 0) is 48.9 Å². The van der Waals surface area contributed by atoms with Gasteiger partial charge in [-0.25, -0.2) is 0 Å². The summed E-state index contributed by atoms with van der Waals surface area (Å²) in [5.74, 6) is 0.624. The monoisotopic (exact) mass is 375 g/mol. The Balaban J connectivity index is 0.00000243. The van der Waals surface area contributed by atoms with E-state index in [1.165, 1.54) is 5.56 Å². The zero-order valence-corrected chi connectivity index (χ0v) is 16.0. The van der Waals surface area contributed by atoms with Crippen LogP contribution in [-0.2, 0) is 6.54 Å². The first-order chi connectivity index (χ1) is 12.1. The summed E-state index contributed by atoms with van der Waals surface area (Å²) in [7, 11) is 1.61. The van der Waals surface area contributed by atoms with Gasteiger partial charge in [-0.1, -0.05) is 12.1 Å². The molecule has 1 amide bonds. The Kier molecular flexibility index (Phi) is 7.45. The Labute approximate surface area is 161 Å². The van der Waals surface area contributed by atoms with Gasteiger partial charge in [0.1, 0.15) is 5.75 Å². The Morgan fingerprint density at radius 2 is 2.04 bits per heavy atom. The molecule has 1 fully saturated rings. The molecule has 0 radical (unpaired) electrons. The lowest BCUT2D eigenvalue weighted by molar-refractivity contribution is 0.102. The van der Waals surface area contributed by atoms with Crippen molar-refractivity contribution in [2.45, 2.75) is 19.5 Å². The number of halogens is 1. The van der Waals surface area contributed by atoms with Crippen LogP contribution in [-0.4, -0.2) is 43.6 Å². The SMILES string of the molecule is COc1ccc(C(=O)Nc2cccc(CN3CCN[C@@H](C)C3)c2)cc1.Cl. The van der Waals surface area contributed by atoms with Crippen LogP contribution in [0.1, 0.15) is 22.8 Å². The Morgan fingerprint density at radius 3 is 2.73 bits per heavy atom. The lowest BCUT2D eigenvalue weighted by atomic mass is 10.1. The standard InChI is InChI=1S/C20H25N3O2.ClH/c1-15-13-23(11-10-21-15)14-16-4-3-5-18(12-16)22-20(24)17-6-8-19(25-2)9-7-17;/h3-9,12,15,21H,10-11,13-14H2,1-2H3,(H,22,24);1H/t15-;/m0./s1. The molecule has 0 saturated carbocycles. The van der Waals surface area contributed by atoms with Crippen molar-refractivity contribution in [3.63, 3.8) is 0 Å². The second-order valence-corrected chi connectivity index (χ2v) is 6.47. The highest BCUT2D eigenvalue weighted by Crippen LogP contribution is 2.16. The number of carbonyl (C=O) groups is 1. The first kappa shape index (κ1) is 20.2. The highest BCUT2D eigenvalue weighted by atomic mass is 35.5. The number of nitrogens with zero attached hydrogens (tertiary/aromatic N) is 1. The molecule has 0 unspecified atom stereocenters. The fourth-order valence-corrected chi connectivity index (χ4v) is 3.11. The third-order valence-corrected chi connectivity index (χ3v) is 4.40. The second-order valence-electron chi connectivity index (χ2n) is 6.47. The summed E-state index contributed by atoms with van der Waals surface area (Å²) in [6, 6.07) is 15.7. The van der Waals surface area contributed by atoms with Crippen molar-refractivity contribution in [1.29, 1.82) is 0 Å². The van der Waals surface area contributed by atoms with E-state index in [9.17, 15) is 4.79 Å². The maximum atomic E-state index is 12.4. The van der Waals surface area contributed by atoms with Gasteiger partial charge in [0.2, 0.25) is 0 Å². The zero-order chi connectivity index (χ0) is 17.6. The van der Waals surface area contributed by atoms with E-state index in [2.05, 4.69) is 28.5 Å². The molecular weight excluding hydrogens is 350 g/mol. The maximum absolute atomic E-state index is 12.4. The van der Waals surface area contributed by atoms with Crippen molar-refractivity contribution in [1.82, 2.24) is 10.2 Å². The lowest BCUT2D eigenvalue weighted by Gasteiger charge is -2.31. The number of benzene rings is 2. The highest BCUT2D eigenvalue weighted by Gasteiger charge is 2.15. The van der Waals surface area contributed by atoms with Crippen molar-refractivity contribution in [3.8, 4) is 5.75 Å². The number of carbonyl (C=O) groups excluding carboxylic acids is 1. The third-order valence-electron chi connectivity index (χ3n) is 4.40. The van der Waals surface area contributed by atoms with E-state index in [1.54, 1.807) is 31.4 Å². The molecule has 6 heteroatoms. The molecular formula is C20H26ClN3O2. The molecule has 140 valence electrons.